The van der Waals surface area contributed by atoms with Crippen molar-refractivity contribution < 1.29 is 0 Å². The number of thioether (sulfide) groups is 1. The summed E-state index contributed by atoms with van der Waals surface area (Å²) in [6, 6.07) is 0. The van der Waals surface area contributed by atoms with E-state index >= 15 is 0 Å². The monoisotopic (exact) mass is 130 g/mol. The lowest BCUT2D eigenvalue weighted by Crippen LogP contribution is -2.06. The lowest BCUT2D eigenvalue weighted by Gasteiger charge is -2.02. The molecule has 0 fully saturated rings. The summed E-state index contributed by atoms with van der Waals surface area (Å²) >= 11 is 1.70. The van der Waals surface area contributed by atoms with Gasteiger partial charge in [-0.3, -0.25) is 4.99 Å². The standard InChI is InChI=1S/C4H6N2OS/c7-6-4-3-8-2-1-5-4/h1-3H2. The fourth-order valence-corrected chi connectivity index (χ4v) is 1.19. The van der Waals surface area contributed by atoms with E-state index < -0.39 is 0 Å². The molecule has 0 aliphatic carbocycles. The van der Waals surface area contributed by atoms with E-state index in [4.69, 9.17) is 0 Å². The Balaban J connectivity index is 2.49. The minimum Gasteiger partial charge on any atom is -0.266 e. The van der Waals surface area contributed by atoms with Gasteiger partial charge in [0.05, 0.1) is 12.3 Å². The Morgan fingerprint density at radius 1 is 1.75 bits per heavy atom. The Morgan fingerprint density at radius 2 is 2.62 bits per heavy atom. The summed E-state index contributed by atoms with van der Waals surface area (Å²) in [7, 11) is 0. The Hall–Kier alpha value is -0.380. The minimum absolute atomic E-state index is 0.459. The fraction of sp³-hybridized carbons (Fsp3) is 0.750. The van der Waals surface area contributed by atoms with Crippen molar-refractivity contribution in [3.05, 3.63) is 4.91 Å². The highest BCUT2D eigenvalue weighted by atomic mass is 32.2. The first-order valence-electron chi connectivity index (χ1n) is 2.38. The van der Waals surface area contributed by atoms with Crippen LogP contribution in [0.15, 0.2) is 10.2 Å². The molecule has 0 aromatic rings. The molecule has 1 aliphatic heterocycles. The second kappa shape index (κ2) is 2.81. The van der Waals surface area contributed by atoms with Crippen molar-refractivity contribution in [2.75, 3.05) is 18.1 Å². The van der Waals surface area contributed by atoms with E-state index in [0.29, 0.717) is 11.6 Å². The first kappa shape index (κ1) is 5.75. The predicted molar refractivity (Wildman–Crippen MR) is 35.4 cm³/mol. The zero-order valence-corrected chi connectivity index (χ0v) is 5.15. The zero-order valence-electron chi connectivity index (χ0n) is 4.33. The third-order valence-corrected chi connectivity index (χ3v) is 1.80. The van der Waals surface area contributed by atoms with Crippen molar-refractivity contribution in [1.82, 2.24) is 0 Å². The second-order valence-corrected chi connectivity index (χ2v) is 2.55. The summed E-state index contributed by atoms with van der Waals surface area (Å²) in [4.78, 5) is 13.6. The minimum atomic E-state index is 0.459. The summed E-state index contributed by atoms with van der Waals surface area (Å²) in [5.74, 6) is 2.18. The van der Waals surface area contributed by atoms with Crippen molar-refractivity contribution in [2.45, 2.75) is 0 Å². The van der Waals surface area contributed by atoms with Crippen LogP contribution in [0.5, 0.6) is 0 Å². The molecule has 4 heteroatoms. The van der Waals surface area contributed by atoms with Gasteiger partial charge in [-0.25, -0.2) is 0 Å². The maximum Gasteiger partial charge on any atom is 0.178 e. The highest BCUT2D eigenvalue weighted by Crippen LogP contribution is 2.06. The van der Waals surface area contributed by atoms with Crippen LogP contribution in [-0.2, 0) is 0 Å². The molecule has 1 heterocycles. The van der Waals surface area contributed by atoms with Crippen LogP contribution in [0.4, 0.5) is 0 Å². The topological polar surface area (TPSA) is 41.8 Å². The van der Waals surface area contributed by atoms with Crippen molar-refractivity contribution in [2.24, 2.45) is 10.2 Å². The second-order valence-electron chi connectivity index (χ2n) is 1.44. The van der Waals surface area contributed by atoms with E-state index in [1.807, 2.05) is 0 Å². The number of rotatable bonds is 0. The molecule has 0 aromatic carbocycles. The molecular formula is C4H6N2OS. The van der Waals surface area contributed by atoms with Gasteiger partial charge >= 0.3 is 0 Å². The van der Waals surface area contributed by atoms with Gasteiger partial charge < -0.3 is 0 Å². The molecule has 0 unspecified atom stereocenters. The lowest BCUT2D eigenvalue weighted by molar-refractivity contribution is 1.12. The molecule has 3 nitrogen and oxygen atoms in total. The molecule has 0 amide bonds. The van der Waals surface area contributed by atoms with Gasteiger partial charge in [-0.1, -0.05) is 0 Å². The van der Waals surface area contributed by atoms with E-state index in [1.54, 1.807) is 11.8 Å². The van der Waals surface area contributed by atoms with Crippen LogP contribution in [0.25, 0.3) is 0 Å². The van der Waals surface area contributed by atoms with Gasteiger partial charge in [0.25, 0.3) is 0 Å². The molecule has 8 heavy (non-hydrogen) atoms. The average molecular weight is 130 g/mol. The smallest absolute Gasteiger partial charge is 0.178 e. The SMILES string of the molecule is O=NC1=NCCSC1. The molecule has 0 spiro atoms. The van der Waals surface area contributed by atoms with Crippen LogP contribution in [0.2, 0.25) is 0 Å². The summed E-state index contributed by atoms with van der Waals surface area (Å²) < 4.78 is 0. The number of nitroso groups, excluding NO2 is 1. The molecule has 0 bridgehead atoms. The molecule has 0 atom stereocenters. The third kappa shape index (κ3) is 1.30. The molecule has 0 saturated heterocycles. The Kier molecular flexibility index (Phi) is 2.02. The fourth-order valence-electron chi connectivity index (χ4n) is 0.504. The van der Waals surface area contributed by atoms with Crippen LogP contribution >= 0.6 is 11.8 Å². The van der Waals surface area contributed by atoms with Gasteiger partial charge in [-0.2, -0.15) is 11.8 Å². The highest BCUT2D eigenvalue weighted by Gasteiger charge is 2.02. The van der Waals surface area contributed by atoms with Crippen molar-refractivity contribution in [1.29, 1.82) is 0 Å². The van der Waals surface area contributed by atoms with Crippen molar-refractivity contribution in [3.63, 3.8) is 0 Å². The van der Waals surface area contributed by atoms with Crippen LogP contribution < -0.4 is 0 Å². The van der Waals surface area contributed by atoms with E-state index in [0.717, 1.165) is 12.3 Å². The Bertz CT molecular complexity index is 123. The molecule has 1 rings (SSSR count). The van der Waals surface area contributed by atoms with Gasteiger partial charge in [0.2, 0.25) is 0 Å². The number of aliphatic imine (C=N–C) groups is 1. The highest BCUT2D eigenvalue weighted by molar-refractivity contribution is 8.00. The van der Waals surface area contributed by atoms with E-state index in [-0.39, 0.29) is 0 Å². The molecule has 44 valence electrons. The predicted octanol–water partition coefficient (Wildman–Crippen LogP) is 0.898. The largest absolute Gasteiger partial charge is 0.266 e. The third-order valence-electron chi connectivity index (χ3n) is 0.866. The summed E-state index contributed by atoms with van der Waals surface area (Å²) in [5.41, 5.74) is 0. The Morgan fingerprint density at radius 3 is 3.00 bits per heavy atom. The zero-order chi connectivity index (χ0) is 5.82. The Labute approximate surface area is 51.5 Å². The molecule has 0 saturated carbocycles. The summed E-state index contributed by atoms with van der Waals surface area (Å²) in [6.07, 6.45) is 0. The summed E-state index contributed by atoms with van der Waals surface area (Å²) in [5, 5.41) is 2.73. The quantitative estimate of drug-likeness (QED) is 0.457. The maximum atomic E-state index is 9.77. The van der Waals surface area contributed by atoms with Gasteiger partial charge in [0.1, 0.15) is 0 Å². The van der Waals surface area contributed by atoms with Crippen molar-refractivity contribution >= 4 is 17.6 Å². The van der Waals surface area contributed by atoms with E-state index in [1.165, 1.54) is 0 Å². The van der Waals surface area contributed by atoms with E-state index in [9.17, 15) is 4.91 Å². The molecular weight excluding hydrogens is 124 g/mol. The maximum absolute atomic E-state index is 9.77. The summed E-state index contributed by atoms with van der Waals surface area (Å²) in [6.45, 7) is 0.756. The first-order chi connectivity index (χ1) is 3.93. The number of nitrogens with zero attached hydrogens (tertiary/aromatic N) is 2. The van der Waals surface area contributed by atoms with Gasteiger partial charge in [-0.15, -0.1) is 4.91 Å². The lowest BCUT2D eigenvalue weighted by atomic mass is 10.6. The van der Waals surface area contributed by atoms with E-state index in [2.05, 4.69) is 10.2 Å². The van der Waals surface area contributed by atoms with Gasteiger partial charge in [-0.05, 0) is 5.18 Å². The van der Waals surface area contributed by atoms with Crippen LogP contribution in [-0.4, -0.2) is 23.9 Å². The molecule has 0 aromatic heterocycles. The average Bonchev–Trinajstić information content (AvgIpc) is 1.90. The molecule has 1 aliphatic rings. The van der Waals surface area contributed by atoms with Crippen molar-refractivity contribution in [3.8, 4) is 0 Å². The normalized spacial score (nSPS) is 19.8. The number of hydrogen-bond donors (Lipinski definition) is 0. The van der Waals surface area contributed by atoms with Crippen LogP contribution in [0.1, 0.15) is 0 Å². The number of amidine groups is 1. The van der Waals surface area contributed by atoms with Crippen LogP contribution in [0, 0.1) is 4.91 Å². The molecule has 0 N–H and O–H groups in total. The van der Waals surface area contributed by atoms with Gasteiger partial charge in [0, 0.05) is 5.75 Å². The molecule has 0 radical (unpaired) electrons. The number of hydrogen-bond acceptors (Lipinski definition) is 4. The first-order valence-corrected chi connectivity index (χ1v) is 3.53. The van der Waals surface area contributed by atoms with Gasteiger partial charge in [0.15, 0.2) is 5.84 Å². The van der Waals surface area contributed by atoms with Crippen LogP contribution in [0.3, 0.4) is 0 Å².